The maximum absolute atomic E-state index is 15.0. The SMILES string of the molecule is CCC[C@@H]1[C@@]2(OC(=O)c3c(CCCN)cccc32)[C@@]23CCC4=C[C@@]12C(=O)O/C3=C(\O)C[C@@H](C)N1C[C@H]2C[C@@H](C1)[C@@H]1C=CC3=C([C@H]4C[C@@H](C)C3)N1C2. The molecule has 4 fully saturated rings. The van der Waals surface area contributed by atoms with E-state index in [0.29, 0.717) is 67.3 Å². The van der Waals surface area contributed by atoms with E-state index in [0.717, 1.165) is 62.9 Å². The number of hydrogen-bond acceptors (Lipinski definition) is 8. The molecule has 13 rings (SSSR count). The molecule has 9 heterocycles. The number of hydrogen-bond donors (Lipinski definition) is 2. The summed E-state index contributed by atoms with van der Waals surface area (Å²) >= 11 is 0. The molecule has 51 heavy (non-hydrogen) atoms. The lowest BCUT2D eigenvalue weighted by Crippen LogP contribution is -2.75. The Hall–Kier alpha value is -3.36. The number of piperidine rings is 2. The van der Waals surface area contributed by atoms with Crippen molar-refractivity contribution in [2.45, 2.75) is 103 Å². The molecule has 3 N–H and O–H groups in total. The molecule has 10 bridgehead atoms. The Balaban J connectivity index is 1.23. The second-order valence-corrected chi connectivity index (χ2v) is 17.7. The van der Waals surface area contributed by atoms with Crippen LogP contribution >= 0.6 is 0 Å². The zero-order valence-electron chi connectivity index (χ0n) is 30.5. The van der Waals surface area contributed by atoms with Crippen molar-refractivity contribution in [2.24, 2.45) is 46.2 Å². The topological polar surface area (TPSA) is 105 Å². The van der Waals surface area contributed by atoms with E-state index in [9.17, 15) is 14.7 Å². The quantitative estimate of drug-likeness (QED) is 0.261. The number of aryl methyl sites for hydroxylation is 1. The fourth-order valence-electron chi connectivity index (χ4n) is 13.4. The van der Waals surface area contributed by atoms with Crippen molar-refractivity contribution < 1.29 is 24.2 Å². The number of nitrogens with zero attached hydrogens (tertiary/aromatic N) is 2. The second kappa shape index (κ2) is 11.1. The van der Waals surface area contributed by atoms with Gasteiger partial charge < -0.3 is 25.2 Å². The van der Waals surface area contributed by atoms with Crippen LogP contribution in [0.1, 0.15) is 100 Å². The Kier molecular flexibility index (Phi) is 7.02. The molecule has 8 nitrogen and oxygen atoms in total. The van der Waals surface area contributed by atoms with Crippen LogP contribution in [0.2, 0.25) is 0 Å². The number of ether oxygens (including phenoxy) is 2. The van der Waals surface area contributed by atoms with E-state index in [1.165, 1.54) is 23.3 Å². The summed E-state index contributed by atoms with van der Waals surface area (Å²) in [5.74, 6) is 1.49. The first-order valence-corrected chi connectivity index (χ1v) is 20.0. The highest BCUT2D eigenvalue weighted by Gasteiger charge is 2.91. The molecule has 12 aliphatic rings. The normalized spacial score (nSPS) is 44.2. The highest BCUT2D eigenvalue weighted by molar-refractivity contribution is 5.99. The predicted molar refractivity (Wildman–Crippen MR) is 193 cm³/mol. The van der Waals surface area contributed by atoms with Gasteiger partial charge in [0.15, 0.2) is 11.4 Å². The second-order valence-electron chi connectivity index (χ2n) is 17.7. The number of fused-ring (bicyclic) bond motifs is 2. The maximum atomic E-state index is 15.0. The van der Waals surface area contributed by atoms with Gasteiger partial charge in [0.1, 0.15) is 11.2 Å². The number of aliphatic hydroxyl groups is 1. The number of rotatable bonds is 5. The smallest absolute Gasteiger partial charge is 0.339 e. The maximum Gasteiger partial charge on any atom is 0.339 e. The van der Waals surface area contributed by atoms with Crippen molar-refractivity contribution in [1.82, 2.24) is 9.80 Å². The summed E-state index contributed by atoms with van der Waals surface area (Å²) < 4.78 is 13.4. The zero-order valence-corrected chi connectivity index (χ0v) is 30.5. The minimum absolute atomic E-state index is 0.0636. The first-order valence-electron chi connectivity index (χ1n) is 20.0. The van der Waals surface area contributed by atoms with E-state index < -0.39 is 16.4 Å². The summed E-state index contributed by atoms with van der Waals surface area (Å²) in [6, 6.07) is 6.56. The van der Waals surface area contributed by atoms with Crippen molar-refractivity contribution in [3.05, 3.63) is 81.5 Å². The third-order valence-electron chi connectivity index (χ3n) is 15.1. The van der Waals surface area contributed by atoms with Crippen LogP contribution in [-0.2, 0) is 26.3 Å². The number of nitrogens with two attached hydrogens (primary N) is 1. The molecule has 2 spiro atoms. The van der Waals surface area contributed by atoms with Crippen molar-refractivity contribution in [3.63, 3.8) is 0 Å². The Labute approximate surface area is 301 Å². The molecule has 270 valence electrons. The highest BCUT2D eigenvalue weighted by Crippen LogP contribution is 2.85. The van der Waals surface area contributed by atoms with Gasteiger partial charge in [0.25, 0.3) is 0 Å². The van der Waals surface area contributed by atoms with Crippen molar-refractivity contribution >= 4 is 11.9 Å². The molecule has 1 aromatic carbocycles. The summed E-state index contributed by atoms with van der Waals surface area (Å²) in [5, 5.41) is 12.4. The number of aliphatic hydroxyl groups excluding tert-OH is 1. The number of allylic oxidation sites excluding steroid dienone is 3. The van der Waals surface area contributed by atoms with E-state index in [2.05, 4.69) is 54.9 Å². The van der Waals surface area contributed by atoms with Crippen LogP contribution in [0, 0.1) is 40.4 Å². The van der Waals surface area contributed by atoms with Crippen LogP contribution in [0.15, 0.2) is 64.8 Å². The van der Waals surface area contributed by atoms with Gasteiger partial charge in [-0.2, -0.15) is 0 Å². The molecule has 8 heteroatoms. The number of esters is 2. The van der Waals surface area contributed by atoms with Crippen molar-refractivity contribution in [1.29, 1.82) is 0 Å². The van der Waals surface area contributed by atoms with Gasteiger partial charge in [-0.05, 0) is 93.7 Å². The van der Waals surface area contributed by atoms with E-state index >= 15 is 0 Å². The summed E-state index contributed by atoms with van der Waals surface area (Å²) in [4.78, 5) is 34.6. The fraction of sp³-hybridized carbons (Fsp3) is 0.628. The molecule has 0 amide bonds. The van der Waals surface area contributed by atoms with E-state index in [4.69, 9.17) is 15.2 Å². The Bertz CT molecular complexity index is 1860. The first-order chi connectivity index (χ1) is 24.7. The van der Waals surface area contributed by atoms with Gasteiger partial charge in [0.05, 0.1) is 17.0 Å². The monoisotopic (exact) mass is 691 g/mol. The Morgan fingerprint density at radius 2 is 1.96 bits per heavy atom. The van der Waals surface area contributed by atoms with Crippen LogP contribution < -0.4 is 5.73 Å². The van der Waals surface area contributed by atoms with Gasteiger partial charge >= 0.3 is 11.9 Å². The third-order valence-corrected chi connectivity index (χ3v) is 15.1. The van der Waals surface area contributed by atoms with Crippen LogP contribution in [0.4, 0.5) is 0 Å². The Morgan fingerprint density at radius 1 is 1.10 bits per heavy atom. The van der Waals surface area contributed by atoms with E-state index in [1.807, 2.05) is 12.1 Å². The number of carbonyl (C=O) groups excluding carboxylic acids is 2. The summed E-state index contributed by atoms with van der Waals surface area (Å²) in [6.07, 6.45) is 15.4. The predicted octanol–water partition coefficient (Wildman–Crippen LogP) is 6.68. The van der Waals surface area contributed by atoms with Crippen molar-refractivity contribution in [3.8, 4) is 0 Å². The molecular weight excluding hydrogens is 638 g/mol. The summed E-state index contributed by atoms with van der Waals surface area (Å²) in [7, 11) is 0. The molecule has 1 unspecified atom stereocenters. The van der Waals surface area contributed by atoms with Gasteiger partial charge in [0, 0.05) is 55.2 Å². The summed E-state index contributed by atoms with van der Waals surface area (Å²) in [6.45, 7) is 10.4. The lowest BCUT2D eigenvalue weighted by molar-refractivity contribution is -0.272. The number of benzene rings is 1. The molecule has 1 aromatic rings. The van der Waals surface area contributed by atoms with Crippen molar-refractivity contribution in [2.75, 3.05) is 26.2 Å². The van der Waals surface area contributed by atoms with E-state index in [1.54, 1.807) is 0 Å². The zero-order chi connectivity index (χ0) is 35.0. The van der Waals surface area contributed by atoms with Gasteiger partial charge in [-0.25, -0.2) is 4.79 Å². The van der Waals surface area contributed by atoms with Crippen LogP contribution in [0.5, 0.6) is 0 Å². The van der Waals surface area contributed by atoms with Gasteiger partial charge in [0.2, 0.25) is 0 Å². The Morgan fingerprint density at radius 3 is 2.78 bits per heavy atom. The summed E-state index contributed by atoms with van der Waals surface area (Å²) in [5.41, 5.74) is 9.56. The van der Waals surface area contributed by atoms with Crippen LogP contribution in [0.3, 0.4) is 0 Å². The van der Waals surface area contributed by atoms with Crippen LogP contribution in [-0.4, -0.2) is 65.1 Å². The average molecular weight is 692 g/mol. The lowest BCUT2D eigenvalue weighted by Gasteiger charge is -2.69. The fourth-order valence-corrected chi connectivity index (χ4v) is 13.4. The molecule has 3 saturated heterocycles. The minimum atomic E-state index is -1.10. The first kappa shape index (κ1) is 32.3. The average Bonchev–Trinajstić information content (AvgIpc) is 3.57. The van der Waals surface area contributed by atoms with Gasteiger partial charge in [-0.3, -0.25) is 9.69 Å². The molecule has 0 radical (unpaired) electrons. The molecule has 9 aliphatic heterocycles. The number of carbonyl (C=O) groups is 2. The molecule has 1 saturated carbocycles. The molecule has 3 aliphatic carbocycles. The van der Waals surface area contributed by atoms with E-state index in [-0.39, 0.29) is 35.6 Å². The molecular formula is C43H53N3O5. The molecule has 11 atom stereocenters. The van der Waals surface area contributed by atoms with Gasteiger partial charge in [-0.1, -0.05) is 62.3 Å². The standard InChI is InChI=1S/C43H53N3O5/c1-4-7-35-41-20-29-13-14-42(41,43(35)32-10-5-8-27(9-6-15-44)36(32)39(48)51-43)38(50-40(41)49)34(47)18-25(3)45-21-26-19-30(23-45)33-12-11-28-16-24(2)17-31(29)37(28)46(33)22-26/h5,8,10-12,20,24-26,30-31,33,35,47H,4,6-7,9,13-19,21-23,44H2,1-3H3/b38-34-/t24-,25+,26+,30-,31-,33-,35-,41-,42+,43+/m0/s1. The largest absolute Gasteiger partial charge is 0.509 e. The third kappa shape index (κ3) is 3.89. The lowest BCUT2D eigenvalue weighted by atomic mass is 9.31. The van der Waals surface area contributed by atoms with Crippen LogP contribution in [0.25, 0.3) is 0 Å². The minimum Gasteiger partial charge on any atom is -0.509 e. The molecule has 0 aromatic heterocycles. The highest BCUT2D eigenvalue weighted by atomic mass is 16.6. The van der Waals surface area contributed by atoms with Gasteiger partial charge in [-0.15, -0.1) is 0 Å².